The summed E-state index contributed by atoms with van der Waals surface area (Å²) < 4.78 is 0. The van der Waals surface area contributed by atoms with Gasteiger partial charge in [0.2, 0.25) is 0 Å². The molecule has 0 radical (unpaired) electrons. The Morgan fingerprint density at radius 3 is 2.25 bits per heavy atom. The van der Waals surface area contributed by atoms with Crippen molar-refractivity contribution in [1.29, 1.82) is 0 Å². The van der Waals surface area contributed by atoms with Crippen molar-refractivity contribution in [2.75, 3.05) is 5.88 Å². The van der Waals surface area contributed by atoms with Crippen molar-refractivity contribution < 1.29 is 0 Å². The smallest absolute Gasteiger partial charge is 0.0257 e. The highest BCUT2D eigenvalue weighted by atomic mass is 35.5. The third-order valence-corrected chi connectivity index (χ3v) is 3.12. The number of hydrogen-bond donors (Lipinski definition) is 0. The fraction of sp³-hybridized carbons (Fsp3) is 1.00. The number of halogens is 1. The molecule has 0 aromatic heterocycles. The second-order valence-corrected chi connectivity index (χ2v) is 3.39. The topological polar surface area (TPSA) is 0 Å². The molecule has 0 bridgehead atoms. The van der Waals surface area contributed by atoms with Gasteiger partial charge in [0.05, 0.1) is 0 Å². The van der Waals surface area contributed by atoms with Crippen molar-refractivity contribution in [3.63, 3.8) is 0 Å². The molecule has 0 N–H and O–H groups in total. The van der Waals surface area contributed by atoms with E-state index in [9.17, 15) is 0 Å². The van der Waals surface area contributed by atoms with Crippen LogP contribution in [0.3, 0.4) is 0 Å². The molecule has 0 aliphatic heterocycles. The average molecular weight is 131 g/mol. The number of alkyl halides is 1. The van der Waals surface area contributed by atoms with E-state index in [1.165, 1.54) is 19.3 Å². The Balaban J connectivity index is 1.94. The van der Waals surface area contributed by atoms with Gasteiger partial charge in [-0.2, -0.15) is 0 Å². The SMILES string of the molecule is ClCC1C2CCCC12. The molecule has 2 fully saturated rings. The molecule has 0 aromatic rings. The summed E-state index contributed by atoms with van der Waals surface area (Å²) in [7, 11) is 0. The first-order valence-electron chi connectivity index (χ1n) is 3.49. The van der Waals surface area contributed by atoms with Crippen molar-refractivity contribution in [3.05, 3.63) is 0 Å². The maximum atomic E-state index is 5.70. The molecule has 1 heteroatoms. The van der Waals surface area contributed by atoms with Gasteiger partial charge < -0.3 is 0 Å². The molecule has 46 valence electrons. The molecule has 2 aliphatic carbocycles. The first-order valence-corrected chi connectivity index (χ1v) is 4.03. The fourth-order valence-corrected chi connectivity index (χ4v) is 2.66. The second-order valence-electron chi connectivity index (χ2n) is 3.08. The van der Waals surface area contributed by atoms with Crippen LogP contribution < -0.4 is 0 Å². The highest BCUT2D eigenvalue weighted by molar-refractivity contribution is 6.18. The highest BCUT2D eigenvalue weighted by Gasteiger charge is 2.51. The molecule has 2 aliphatic rings. The zero-order valence-corrected chi connectivity index (χ0v) is 5.69. The third-order valence-electron chi connectivity index (χ3n) is 2.76. The van der Waals surface area contributed by atoms with Crippen molar-refractivity contribution in [2.24, 2.45) is 17.8 Å². The summed E-state index contributed by atoms with van der Waals surface area (Å²) in [5.41, 5.74) is 0. The summed E-state index contributed by atoms with van der Waals surface area (Å²) in [6.45, 7) is 0. The first kappa shape index (κ1) is 5.10. The van der Waals surface area contributed by atoms with E-state index < -0.39 is 0 Å². The van der Waals surface area contributed by atoms with Crippen molar-refractivity contribution in [2.45, 2.75) is 19.3 Å². The van der Waals surface area contributed by atoms with E-state index in [-0.39, 0.29) is 0 Å². The van der Waals surface area contributed by atoms with Gasteiger partial charge in [-0.15, -0.1) is 11.6 Å². The summed E-state index contributed by atoms with van der Waals surface area (Å²) in [5.74, 6) is 3.99. The Bertz CT molecular complexity index is 83.8. The van der Waals surface area contributed by atoms with Crippen LogP contribution in [0.4, 0.5) is 0 Å². The molecule has 2 rings (SSSR count). The minimum Gasteiger partial charge on any atom is -0.126 e. The zero-order chi connectivity index (χ0) is 5.56. The van der Waals surface area contributed by atoms with Crippen LogP contribution in [0.25, 0.3) is 0 Å². The Kier molecular flexibility index (Phi) is 1.04. The second kappa shape index (κ2) is 1.63. The van der Waals surface area contributed by atoms with Gasteiger partial charge in [0.1, 0.15) is 0 Å². The molecule has 2 saturated carbocycles. The van der Waals surface area contributed by atoms with Crippen molar-refractivity contribution in [1.82, 2.24) is 0 Å². The fourth-order valence-electron chi connectivity index (χ4n) is 2.20. The number of rotatable bonds is 1. The lowest BCUT2D eigenvalue weighted by Gasteiger charge is -1.93. The Hall–Kier alpha value is 0.290. The van der Waals surface area contributed by atoms with Gasteiger partial charge in [-0.25, -0.2) is 0 Å². The molecule has 2 unspecified atom stereocenters. The minimum atomic E-state index is 0.926. The van der Waals surface area contributed by atoms with Crippen LogP contribution in [-0.2, 0) is 0 Å². The molecule has 0 aromatic carbocycles. The van der Waals surface area contributed by atoms with Gasteiger partial charge in [0.25, 0.3) is 0 Å². The quantitative estimate of drug-likeness (QED) is 0.478. The molecule has 0 nitrogen and oxygen atoms in total. The lowest BCUT2D eigenvalue weighted by molar-refractivity contribution is 0.632. The van der Waals surface area contributed by atoms with Crippen LogP contribution in [0.2, 0.25) is 0 Å². The van der Waals surface area contributed by atoms with E-state index in [1.807, 2.05) is 0 Å². The lowest BCUT2D eigenvalue weighted by Crippen LogP contribution is -1.86. The van der Waals surface area contributed by atoms with E-state index >= 15 is 0 Å². The zero-order valence-electron chi connectivity index (χ0n) is 4.94. The monoisotopic (exact) mass is 130 g/mol. The molecule has 0 amide bonds. The van der Waals surface area contributed by atoms with Gasteiger partial charge >= 0.3 is 0 Å². The number of fused-ring (bicyclic) bond motifs is 1. The number of hydrogen-bond acceptors (Lipinski definition) is 0. The molecule has 0 heterocycles. The normalized spacial score (nSPS) is 51.4. The van der Waals surface area contributed by atoms with E-state index in [2.05, 4.69) is 0 Å². The Morgan fingerprint density at radius 1 is 1.25 bits per heavy atom. The highest BCUT2D eigenvalue weighted by Crippen LogP contribution is 2.57. The molecule has 8 heavy (non-hydrogen) atoms. The molecule has 2 atom stereocenters. The predicted octanol–water partition coefficient (Wildman–Crippen LogP) is 2.27. The van der Waals surface area contributed by atoms with Crippen LogP contribution in [-0.4, -0.2) is 5.88 Å². The summed E-state index contributed by atoms with van der Waals surface area (Å²) in [6.07, 6.45) is 4.42. The van der Waals surface area contributed by atoms with E-state index in [0.29, 0.717) is 0 Å². The van der Waals surface area contributed by atoms with Gasteiger partial charge in [0.15, 0.2) is 0 Å². The lowest BCUT2D eigenvalue weighted by atomic mass is 10.2. The van der Waals surface area contributed by atoms with Crippen LogP contribution in [0.1, 0.15) is 19.3 Å². The van der Waals surface area contributed by atoms with Crippen LogP contribution in [0.15, 0.2) is 0 Å². The largest absolute Gasteiger partial charge is 0.126 e. The summed E-state index contributed by atoms with van der Waals surface area (Å²) in [5, 5.41) is 0. The van der Waals surface area contributed by atoms with E-state index in [0.717, 1.165) is 23.6 Å². The van der Waals surface area contributed by atoms with Crippen molar-refractivity contribution >= 4 is 11.6 Å². The van der Waals surface area contributed by atoms with Crippen LogP contribution in [0, 0.1) is 17.8 Å². The Labute approximate surface area is 55.2 Å². The predicted molar refractivity (Wildman–Crippen MR) is 35.0 cm³/mol. The molecule has 0 saturated heterocycles. The molecule has 0 spiro atoms. The minimum absolute atomic E-state index is 0.926. The van der Waals surface area contributed by atoms with Crippen LogP contribution >= 0.6 is 11.6 Å². The first-order chi connectivity index (χ1) is 3.93. The average Bonchev–Trinajstić information content (AvgIpc) is 2.22. The van der Waals surface area contributed by atoms with Gasteiger partial charge in [-0.1, -0.05) is 6.42 Å². The van der Waals surface area contributed by atoms with Gasteiger partial charge in [-0.05, 0) is 30.6 Å². The van der Waals surface area contributed by atoms with Crippen molar-refractivity contribution in [3.8, 4) is 0 Å². The van der Waals surface area contributed by atoms with E-state index in [4.69, 9.17) is 11.6 Å². The summed E-state index contributed by atoms with van der Waals surface area (Å²) in [6, 6.07) is 0. The van der Waals surface area contributed by atoms with E-state index in [1.54, 1.807) is 0 Å². The maximum absolute atomic E-state index is 5.70. The standard InChI is InChI=1S/C7H11Cl/c8-4-7-5-2-1-3-6(5)7/h5-7H,1-4H2. The summed E-state index contributed by atoms with van der Waals surface area (Å²) >= 11 is 5.70. The Morgan fingerprint density at radius 2 is 1.88 bits per heavy atom. The van der Waals surface area contributed by atoms with Crippen LogP contribution in [0.5, 0.6) is 0 Å². The molecular formula is C7H11Cl. The van der Waals surface area contributed by atoms with Gasteiger partial charge in [-0.3, -0.25) is 0 Å². The summed E-state index contributed by atoms with van der Waals surface area (Å²) in [4.78, 5) is 0. The molecular weight excluding hydrogens is 120 g/mol. The van der Waals surface area contributed by atoms with Gasteiger partial charge in [0, 0.05) is 5.88 Å². The maximum Gasteiger partial charge on any atom is 0.0257 e. The third kappa shape index (κ3) is 0.526.